The fourth-order valence-corrected chi connectivity index (χ4v) is 1.08. The zero-order valence-corrected chi connectivity index (χ0v) is 9.03. The van der Waals surface area contributed by atoms with Crippen LogP contribution in [0.1, 0.15) is 30.8 Å². The van der Waals surface area contributed by atoms with E-state index in [0.29, 0.717) is 11.7 Å². The summed E-state index contributed by atoms with van der Waals surface area (Å²) >= 11 is 0. The molecule has 1 atom stereocenters. The fraction of sp³-hybridized carbons (Fsp3) is 0.455. The molecule has 1 aromatic heterocycles. The van der Waals surface area contributed by atoms with E-state index in [1.54, 1.807) is 12.1 Å². The summed E-state index contributed by atoms with van der Waals surface area (Å²) in [6, 6.07) is 4.95. The monoisotopic (exact) mass is 208 g/mol. The van der Waals surface area contributed by atoms with Gasteiger partial charge in [-0.15, -0.1) is 0 Å². The molecule has 1 aromatic rings. The summed E-state index contributed by atoms with van der Waals surface area (Å²) in [5, 5.41) is 11.9. The van der Waals surface area contributed by atoms with Crippen molar-refractivity contribution in [1.29, 1.82) is 0 Å². The Balaban J connectivity index is 2.62. The van der Waals surface area contributed by atoms with Crippen molar-refractivity contribution >= 4 is 11.8 Å². The summed E-state index contributed by atoms with van der Waals surface area (Å²) in [7, 11) is 0. The number of aromatic carboxylic acids is 1. The number of rotatable bonds is 5. The minimum atomic E-state index is -0.998. The highest BCUT2D eigenvalue weighted by Gasteiger charge is 2.05. The lowest BCUT2D eigenvalue weighted by atomic mass is 10.1. The molecular formula is C11H16N2O2. The normalized spacial score (nSPS) is 12.1. The number of anilines is 1. The summed E-state index contributed by atoms with van der Waals surface area (Å²) in [4.78, 5) is 14.6. The van der Waals surface area contributed by atoms with Crippen LogP contribution in [0.3, 0.4) is 0 Å². The molecule has 0 aromatic carbocycles. The first kappa shape index (κ1) is 11.5. The van der Waals surface area contributed by atoms with E-state index in [4.69, 9.17) is 5.11 Å². The summed E-state index contributed by atoms with van der Waals surface area (Å²) in [6.45, 7) is 5.06. The molecule has 0 aliphatic rings. The highest BCUT2D eigenvalue weighted by molar-refractivity contribution is 5.85. The smallest absolute Gasteiger partial charge is 0.354 e. The number of carbonyl (C=O) groups is 1. The van der Waals surface area contributed by atoms with Gasteiger partial charge in [0, 0.05) is 6.54 Å². The number of pyridine rings is 1. The minimum Gasteiger partial charge on any atom is -0.477 e. The third-order valence-electron chi connectivity index (χ3n) is 2.30. The Morgan fingerprint density at radius 1 is 1.60 bits per heavy atom. The predicted octanol–water partition coefficient (Wildman–Crippen LogP) is 2.24. The van der Waals surface area contributed by atoms with Gasteiger partial charge in [0.1, 0.15) is 5.82 Å². The lowest BCUT2D eigenvalue weighted by Gasteiger charge is -2.10. The molecule has 82 valence electrons. The Kier molecular flexibility index (Phi) is 4.09. The molecule has 0 spiro atoms. The second kappa shape index (κ2) is 5.34. The molecule has 15 heavy (non-hydrogen) atoms. The third kappa shape index (κ3) is 3.58. The van der Waals surface area contributed by atoms with Crippen LogP contribution in [0, 0.1) is 5.92 Å². The van der Waals surface area contributed by atoms with Crippen molar-refractivity contribution in [3.05, 3.63) is 23.9 Å². The molecule has 4 nitrogen and oxygen atoms in total. The van der Waals surface area contributed by atoms with Crippen LogP contribution in [0.15, 0.2) is 18.2 Å². The first-order chi connectivity index (χ1) is 7.13. The van der Waals surface area contributed by atoms with E-state index in [0.717, 1.165) is 13.0 Å². The molecule has 2 N–H and O–H groups in total. The second-order valence-electron chi connectivity index (χ2n) is 3.61. The average molecular weight is 208 g/mol. The van der Waals surface area contributed by atoms with Crippen molar-refractivity contribution in [2.24, 2.45) is 5.92 Å². The zero-order valence-electron chi connectivity index (χ0n) is 9.03. The second-order valence-corrected chi connectivity index (χ2v) is 3.61. The SMILES string of the molecule is CCC(C)CNc1cccc(C(=O)O)n1. The highest BCUT2D eigenvalue weighted by atomic mass is 16.4. The van der Waals surface area contributed by atoms with Gasteiger partial charge in [-0.05, 0) is 18.1 Å². The summed E-state index contributed by atoms with van der Waals surface area (Å²) < 4.78 is 0. The summed E-state index contributed by atoms with van der Waals surface area (Å²) in [5.41, 5.74) is 0.0733. The fourth-order valence-electron chi connectivity index (χ4n) is 1.08. The maximum Gasteiger partial charge on any atom is 0.354 e. The maximum absolute atomic E-state index is 10.7. The number of aromatic nitrogens is 1. The number of nitrogens with one attached hydrogen (secondary N) is 1. The summed E-state index contributed by atoms with van der Waals surface area (Å²) in [6.07, 6.45) is 1.09. The van der Waals surface area contributed by atoms with Crippen LogP contribution < -0.4 is 5.32 Å². The topological polar surface area (TPSA) is 62.2 Å². The van der Waals surface area contributed by atoms with Crippen molar-refractivity contribution in [3.8, 4) is 0 Å². The molecule has 0 aliphatic carbocycles. The van der Waals surface area contributed by atoms with E-state index in [-0.39, 0.29) is 5.69 Å². The largest absolute Gasteiger partial charge is 0.477 e. The molecule has 0 radical (unpaired) electrons. The number of carboxylic acids is 1. The van der Waals surface area contributed by atoms with E-state index in [2.05, 4.69) is 24.1 Å². The number of carboxylic acid groups (broad SMARTS) is 1. The minimum absolute atomic E-state index is 0.0733. The first-order valence-electron chi connectivity index (χ1n) is 5.07. The molecule has 0 saturated heterocycles. The molecule has 0 saturated carbocycles. The van der Waals surface area contributed by atoms with Crippen molar-refractivity contribution < 1.29 is 9.90 Å². The lowest BCUT2D eigenvalue weighted by Crippen LogP contribution is -2.12. The maximum atomic E-state index is 10.7. The molecule has 0 fully saturated rings. The van der Waals surface area contributed by atoms with Gasteiger partial charge in [0.05, 0.1) is 0 Å². The van der Waals surface area contributed by atoms with Crippen LogP contribution in [0.2, 0.25) is 0 Å². The van der Waals surface area contributed by atoms with Gasteiger partial charge in [0.2, 0.25) is 0 Å². The quantitative estimate of drug-likeness (QED) is 0.779. The van der Waals surface area contributed by atoms with Gasteiger partial charge in [-0.1, -0.05) is 26.3 Å². The van der Waals surface area contributed by atoms with E-state index in [1.807, 2.05) is 0 Å². The Labute approximate surface area is 89.3 Å². The Bertz CT molecular complexity index is 339. The van der Waals surface area contributed by atoms with Crippen LogP contribution in [0.5, 0.6) is 0 Å². The van der Waals surface area contributed by atoms with E-state index >= 15 is 0 Å². The van der Waals surface area contributed by atoms with Crippen LogP contribution in [-0.2, 0) is 0 Å². The third-order valence-corrected chi connectivity index (χ3v) is 2.30. The average Bonchev–Trinajstić information content (AvgIpc) is 2.26. The van der Waals surface area contributed by atoms with E-state index < -0.39 is 5.97 Å². The summed E-state index contributed by atoms with van der Waals surface area (Å²) in [5.74, 6) is 0.178. The first-order valence-corrected chi connectivity index (χ1v) is 5.07. The van der Waals surface area contributed by atoms with Gasteiger partial charge in [0.25, 0.3) is 0 Å². The Morgan fingerprint density at radius 3 is 2.93 bits per heavy atom. The molecule has 1 rings (SSSR count). The number of nitrogens with zero attached hydrogens (tertiary/aromatic N) is 1. The zero-order chi connectivity index (χ0) is 11.3. The lowest BCUT2D eigenvalue weighted by molar-refractivity contribution is 0.0690. The number of hydrogen-bond acceptors (Lipinski definition) is 3. The predicted molar refractivity (Wildman–Crippen MR) is 59.1 cm³/mol. The van der Waals surface area contributed by atoms with Crippen LogP contribution in [-0.4, -0.2) is 22.6 Å². The van der Waals surface area contributed by atoms with Crippen LogP contribution >= 0.6 is 0 Å². The number of hydrogen-bond donors (Lipinski definition) is 2. The van der Waals surface area contributed by atoms with Gasteiger partial charge >= 0.3 is 5.97 Å². The Hall–Kier alpha value is -1.58. The van der Waals surface area contributed by atoms with Crippen molar-refractivity contribution in [2.75, 3.05) is 11.9 Å². The molecule has 4 heteroatoms. The molecule has 0 amide bonds. The Morgan fingerprint density at radius 2 is 2.33 bits per heavy atom. The van der Waals surface area contributed by atoms with Crippen LogP contribution in [0.25, 0.3) is 0 Å². The van der Waals surface area contributed by atoms with Crippen LogP contribution in [0.4, 0.5) is 5.82 Å². The van der Waals surface area contributed by atoms with Crippen molar-refractivity contribution in [1.82, 2.24) is 4.98 Å². The molecular weight excluding hydrogens is 192 g/mol. The standard InChI is InChI=1S/C11H16N2O2/c1-3-8(2)7-12-10-6-4-5-9(13-10)11(14)15/h4-6,8H,3,7H2,1-2H3,(H,12,13)(H,14,15). The molecule has 0 aliphatic heterocycles. The van der Waals surface area contributed by atoms with Gasteiger partial charge in [-0.3, -0.25) is 0 Å². The van der Waals surface area contributed by atoms with E-state index in [1.165, 1.54) is 6.07 Å². The van der Waals surface area contributed by atoms with Gasteiger partial charge in [-0.25, -0.2) is 9.78 Å². The molecule has 1 heterocycles. The highest BCUT2D eigenvalue weighted by Crippen LogP contribution is 2.07. The molecule has 0 bridgehead atoms. The van der Waals surface area contributed by atoms with Gasteiger partial charge in [0.15, 0.2) is 5.69 Å². The van der Waals surface area contributed by atoms with Crippen molar-refractivity contribution in [2.45, 2.75) is 20.3 Å². The molecule has 1 unspecified atom stereocenters. The van der Waals surface area contributed by atoms with Crippen molar-refractivity contribution in [3.63, 3.8) is 0 Å². The van der Waals surface area contributed by atoms with Gasteiger partial charge in [-0.2, -0.15) is 0 Å². The van der Waals surface area contributed by atoms with E-state index in [9.17, 15) is 4.79 Å². The van der Waals surface area contributed by atoms with Gasteiger partial charge < -0.3 is 10.4 Å².